The molecule has 0 aromatic carbocycles. The number of carbonyl (C=O) groups is 2. The van der Waals surface area contributed by atoms with E-state index in [9.17, 15) is 9.59 Å². The molecule has 0 aliphatic rings. The summed E-state index contributed by atoms with van der Waals surface area (Å²) in [5.74, 6) is 0.0372. The number of aldehydes is 1. The molecule has 0 amide bonds. The van der Waals surface area contributed by atoms with Gasteiger partial charge in [0, 0.05) is 18.9 Å². The summed E-state index contributed by atoms with van der Waals surface area (Å²) in [6, 6.07) is 0.647. The van der Waals surface area contributed by atoms with Crippen molar-refractivity contribution in [2.45, 2.75) is 199 Å². The van der Waals surface area contributed by atoms with Gasteiger partial charge in [-0.25, -0.2) is 0 Å². The van der Waals surface area contributed by atoms with Gasteiger partial charge in [0.1, 0.15) is 12.4 Å². The quantitative estimate of drug-likeness (QED) is 0.0456. The molecule has 0 bridgehead atoms. The van der Waals surface area contributed by atoms with E-state index in [0.717, 1.165) is 57.9 Å². The molecule has 5 nitrogen and oxygen atoms in total. The molecule has 0 saturated heterocycles. The first-order chi connectivity index (χ1) is 20.5. The molecule has 5 heteroatoms. The van der Waals surface area contributed by atoms with Gasteiger partial charge in [-0.15, -0.1) is 0 Å². The van der Waals surface area contributed by atoms with Gasteiger partial charge in [-0.05, 0) is 85.0 Å². The van der Waals surface area contributed by atoms with Crippen LogP contribution in [0.4, 0.5) is 0 Å². The van der Waals surface area contributed by atoms with E-state index in [-0.39, 0.29) is 12.1 Å². The fourth-order valence-electron chi connectivity index (χ4n) is 5.85. The van der Waals surface area contributed by atoms with E-state index >= 15 is 0 Å². The molecule has 42 heavy (non-hydrogen) atoms. The molecular weight excluding hydrogens is 520 g/mol. The van der Waals surface area contributed by atoms with Crippen molar-refractivity contribution in [1.82, 2.24) is 10.2 Å². The largest absolute Gasteiger partial charge is 0.462 e. The second kappa shape index (κ2) is 33.0. The van der Waals surface area contributed by atoms with Crippen LogP contribution in [0, 0.1) is 0 Å². The molecule has 0 rings (SSSR count). The highest BCUT2D eigenvalue weighted by molar-refractivity contribution is 5.69. The van der Waals surface area contributed by atoms with Crippen molar-refractivity contribution < 1.29 is 14.3 Å². The standard InChI is InChI=1S/C37H74N2O3/c1-5-7-9-22-29-36(30-23-10-8-6-2)42-37(41)31-24-18-14-13-17-21-28-35(38-32-26-33-39(3)4)27-20-16-12-11-15-19-25-34-40/h34-36,38H,5-33H2,1-4H3. The topological polar surface area (TPSA) is 58.6 Å². The molecule has 0 heterocycles. The smallest absolute Gasteiger partial charge is 0.306 e. The lowest BCUT2D eigenvalue weighted by atomic mass is 9.99. The Labute approximate surface area is 263 Å². The van der Waals surface area contributed by atoms with Gasteiger partial charge in [-0.1, -0.05) is 117 Å². The SMILES string of the molecule is CCCCCCC(CCCCCC)OC(=O)CCCCCCCCC(CCCCCCCCC=O)NCCCN(C)C. The lowest BCUT2D eigenvalue weighted by Crippen LogP contribution is -2.31. The first-order valence-electron chi connectivity index (χ1n) is 18.5. The molecule has 250 valence electrons. The van der Waals surface area contributed by atoms with Crippen LogP contribution in [0.5, 0.6) is 0 Å². The molecule has 0 saturated carbocycles. The summed E-state index contributed by atoms with van der Waals surface area (Å²) in [7, 11) is 4.30. The van der Waals surface area contributed by atoms with E-state index in [1.165, 1.54) is 128 Å². The van der Waals surface area contributed by atoms with Crippen LogP contribution < -0.4 is 5.32 Å². The number of nitrogens with one attached hydrogen (secondary N) is 1. The van der Waals surface area contributed by atoms with Gasteiger partial charge < -0.3 is 19.7 Å². The second-order valence-corrected chi connectivity index (χ2v) is 13.1. The van der Waals surface area contributed by atoms with Crippen molar-refractivity contribution in [3.05, 3.63) is 0 Å². The zero-order valence-electron chi connectivity index (χ0n) is 28.9. The minimum absolute atomic E-state index is 0.0372. The Kier molecular flexibility index (Phi) is 32.2. The van der Waals surface area contributed by atoms with Crippen LogP contribution in [-0.4, -0.2) is 56.5 Å². The number of nitrogens with zero attached hydrogens (tertiary/aromatic N) is 1. The van der Waals surface area contributed by atoms with Gasteiger partial charge in [0.25, 0.3) is 0 Å². The van der Waals surface area contributed by atoms with E-state index < -0.39 is 0 Å². The molecule has 0 radical (unpaired) electrons. The van der Waals surface area contributed by atoms with E-state index in [0.29, 0.717) is 12.5 Å². The number of esters is 1. The lowest BCUT2D eigenvalue weighted by molar-refractivity contribution is -0.150. The zero-order chi connectivity index (χ0) is 30.9. The normalized spacial score (nSPS) is 12.3. The minimum atomic E-state index is 0.0372. The number of rotatable bonds is 34. The number of hydrogen-bond acceptors (Lipinski definition) is 5. The monoisotopic (exact) mass is 595 g/mol. The highest BCUT2D eigenvalue weighted by Gasteiger charge is 2.14. The van der Waals surface area contributed by atoms with Crippen molar-refractivity contribution in [2.24, 2.45) is 0 Å². The molecule has 1 unspecified atom stereocenters. The Morgan fingerprint density at radius 3 is 1.64 bits per heavy atom. The molecule has 1 N–H and O–H groups in total. The third-order valence-corrected chi connectivity index (χ3v) is 8.58. The van der Waals surface area contributed by atoms with Crippen molar-refractivity contribution in [2.75, 3.05) is 27.2 Å². The van der Waals surface area contributed by atoms with Crippen molar-refractivity contribution in [3.63, 3.8) is 0 Å². The number of ether oxygens (including phenoxy) is 1. The summed E-state index contributed by atoms with van der Waals surface area (Å²) in [4.78, 5) is 25.2. The fourth-order valence-corrected chi connectivity index (χ4v) is 5.85. The summed E-state index contributed by atoms with van der Waals surface area (Å²) in [6.45, 7) is 6.75. The maximum atomic E-state index is 12.5. The van der Waals surface area contributed by atoms with Crippen molar-refractivity contribution in [3.8, 4) is 0 Å². The maximum Gasteiger partial charge on any atom is 0.306 e. The van der Waals surface area contributed by atoms with E-state index in [4.69, 9.17) is 4.74 Å². The van der Waals surface area contributed by atoms with Gasteiger partial charge in [-0.3, -0.25) is 4.79 Å². The van der Waals surface area contributed by atoms with Crippen LogP contribution in [-0.2, 0) is 14.3 Å². The predicted octanol–water partition coefficient (Wildman–Crippen LogP) is 10.2. The third-order valence-electron chi connectivity index (χ3n) is 8.58. The minimum Gasteiger partial charge on any atom is -0.462 e. The Morgan fingerprint density at radius 1 is 0.643 bits per heavy atom. The summed E-state index contributed by atoms with van der Waals surface area (Å²) >= 11 is 0. The summed E-state index contributed by atoms with van der Waals surface area (Å²) in [6.07, 6.45) is 33.1. The van der Waals surface area contributed by atoms with E-state index in [1.54, 1.807) is 0 Å². The summed E-state index contributed by atoms with van der Waals surface area (Å²) < 4.78 is 5.94. The van der Waals surface area contributed by atoms with Crippen LogP contribution in [0.15, 0.2) is 0 Å². The van der Waals surface area contributed by atoms with Gasteiger partial charge in [0.05, 0.1) is 0 Å². The highest BCUT2D eigenvalue weighted by Crippen LogP contribution is 2.18. The third kappa shape index (κ3) is 30.5. The number of hydrogen-bond donors (Lipinski definition) is 1. The maximum absolute atomic E-state index is 12.5. The molecule has 0 aliphatic heterocycles. The van der Waals surface area contributed by atoms with Crippen molar-refractivity contribution in [1.29, 1.82) is 0 Å². The number of carbonyl (C=O) groups excluding carboxylic acids is 2. The molecule has 0 spiro atoms. The van der Waals surface area contributed by atoms with Crippen molar-refractivity contribution >= 4 is 12.3 Å². The fraction of sp³-hybridized carbons (Fsp3) is 0.946. The molecule has 0 aromatic heterocycles. The van der Waals surface area contributed by atoms with Crippen LogP contribution in [0.25, 0.3) is 0 Å². The summed E-state index contributed by atoms with van der Waals surface area (Å²) in [5, 5.41) is 3.85. The predicted molar refractivity (Wildman–Crippen MR) is 182 cm³/mol. The Hall–Kier alpha value is -0.940. The van der Waals surface area contributed by atoms with Gasteiger partial charge in [-0.2, -0.15) is 0 Å². The molecule has 0 aromatic rings. The lowest BCUT2D eigenvalue weighted by Gasteiger charge is -2.20. The van der Waals surface area contributed by atoms with E-state index in [2.05, 4.69) is 38.2 Å². The second-order valence-electron chi connectivity index (χ2n) is 13.1. The first-order valence-corrected chi connectivity index (χ1v) is 18.5. The Balaban J connectivity index is 4.09. The first kappa shape index (κ1) is 41.1. The zero-order valence-corrected chi connectivity index (χ0v) is 28.9. The molecular formula is C37H74N2O3. The number of unbranched alkanes of at least 4 members (excludes halogenated alkanes) is 17. The molecule has 0 aliphatic carbocycles. The van der Waals surface area contributed by atoms with Crippen LogP contribution in [0.1, 0.15) is 187 Å². The van der Waals surface area contributed by atoms with Crippen LogP contribution >= 0.6 is 0 Å². The molecule has 0 fully saturated rings. The summed E-state index contributed by atoms with van der Waals surface area (Å²) in [5.41, 5.74) is 0. The highest BCUT2D eigenvalue weighted by atomic mass is 16.5. The molecule has 1 atom stereocenters. The average Bonchev–Trinajstić information content (AvgIpc) is 2.97. The van der Waals surface area contributed by atoms with Gasteiger partial charge >= 0.3 is 5.97 Å². The van der Waals surface area contributed by atoms with Crippen LogP contribution in [0.2, 0.25) is 0 Å². The van der Waals surface area contributed by atoms with Crippen LogP contribution in [0.3, 0.4) is 0 Å². The average molecular weight is 595 g/mol. The Morgan fingerprint density at radius 2 is 1.12 bits per heavy atom. The Bertz CT molecular complexity index is 557. The van der Waals surface area contributed by atoms with Gasteiger partial charge in [0.15, 0.2) is 0 Å². The van der Waals surface area contributed by atoms with Gasteiger partial charge in [0.2, 0.25) is 0 Å². The van der Waals surface area contributed by atoms with E-state index in [1.807, 2.05) is 0 Å².